The summed E-state index contributed by atoms with van der Waals surface area (Å²) < 4.78 is 5.18. The van der Waals surface area contributed by atoms with Crippen molar-refractivity contribution in [3.05, 3.63) is 54.2 Å². The lowest BCUT2D eigenvalue weighted by Crippen LogP contribution is -2.33. The third kappa shape index (κ3) is 3.19. The normalized spacial score (nSPS) is 17.3. The van der Waals surface area contributed by atoms with Crippen molar-refractivity contribution in [2.45, 2.75) is 12.3 Å². The highest BCUT2D eigenvalue weighted by Crippen LogP contribution is 2.28. The van der Waals surface area contributed by atoms with Gasteiger partial charge in [0.1, 0.15) is 11.6 Å². The van der Waals surface area contributed by atoms with Crippen LogP contribution in [-0.4, -0.2) is 36.1 Å². The number of methoxy groups -OCH3 is 1. The number of benzene rings is 1. The summed E-state index contributed by atoms with van der Waals surface area (Å²) in [6, 6.07) is 13.5. The van der Waals surface area contributed by atoms with Crippen molar-refractivity contribution in [3.63, 3.8) is 0 Å². The van der Waals surface area contributed by atoms with Gasteiger partial charge in [-0.15, -0.1) is 0 Å². The Kier molecular flexibility index (Phi) is 4.23. The zero-order valence-corrected chi connectivity index (χ0v) is 12.5. The Morgan fingerprint density at radius 1 is 1.27 bits per heavy atom. The number of rotatable bonds is 3. The van der Waals surface area contributed by atoms with Crippen molar-refractivity contribution in [2.75, 3.05) is 25.5 Å². The van der Waals surface area contributed by atoms with Crippen molar-refractivity contribution < 1.29 is 9.53 Å². The fourth-order valence-corrected chi connectivity index (χ4v) is 2.72. The van der Waals surface area contributed by atoms with Crippen molar-refractivity contribution in [1.82, 2.24) is 9.88 Å². The summed E-state index contributed by atoms with van der Waals surface area (Å²) in [5.41, 5.74) is 1.24. The molecule has 1 aliphatic heterocycles. The fourth-order valence-electron chi connectivity index (χ4n) is 2.72. The summed E-state index contributed by atoms with van der Waals surface area (Å²) in [6.45, 7) is 1.49. The van der Waals surface area contributed by atoms with Gasteiger partial charge in [0, 0.05) is 25.2 Å². The molecule has 114 valence electrons. The van der Waals surface area contributed by atoms with Crippen LogP contribution in [0.25, 0.3) is 0 Å². The Morgan fingerprint density at radius 2 is 2.09 bits per heavy atom. The second-order valence-electron chi connectivity index (χ2n) is 5.35. The summed E-state index contributed by atoms with van der Waals surface area (Å²) in [6.07, 6.45) is 2.64. The maximum Gasteiger partial charge on any atom is 0.323 e. The molecule has 5 nitrogen and oxygen atoms in total. The molecule has 0 unspecified atom stereocenters. The number of amides is 2. The highest BCUT2D eigenvalue weighted by atomic mass is 16.5. The van der Waals surface area contributed by atoms with E-state index in [2.05, 4.69) is 22.4 Å². The summed E-state index contributed by atoms with van der Waals surface area (Å²) in [5, 5.41) is 2.83. The molecule has 22 heavy (non-hydrogen) atoms. The van der Waals surface area contributed by atoms with Crippen LogP contribution in [0.5, 0.6) is 5.75 Å². The Balaban J connectivity index is 1.60. The van der Waals surface area contributed by atoms with E-state index in [1.807, 2.05) is 29.2 Å². The molecule has 2 heterocycles. The third-order valence-electron chi connectivity index (χ3n) is 3.96. The number of anilines is 1. The molecule has 1 saturated heterocycles. The first kappa shape index (κ1) is 14.4. The first-order valence-corrected chi connectivity index (χ1v) is 7.37. The van der Waals surface area contributed by atoms with Crippen molar-refractivity contribution in [2.24, 2.45) is 0 Å². The van der Waals surface area contributed by atoms with E-state index in [1.54, 1.807) is 19.4 Å². The van der Waals surface area contributed by atoms with Crippen LogP contribution in [0.15, 0.2) is 48.7 Å². The second kappa shape index (κ2) is 6.47. The van der Waals surface area contributed by atoms with Crippen molar-refractivity contribution in [1.29, 1.82) is 0 Å². The number of nitrogens with one attached hydrogen (secondary N) is 1. The molecule has 1 aliphatic rings. The van der Waals surface area contributed by atoms with Crippen LogP contribution >= 0.6 is 0 Å². The average molecular weight is 297 g/mol. The summed E-state index contributed by atoms with van der Waals surface area (Å²) in [5.74, 6) is 1.81. The Morgan fingerprint density at radius 3 is 2.77 bits per heavy atom. The molecule has 3 rings (SSSR count). The number of nitrogens with zero attached hydrogens (tertiary/aromatic N) is 2. The number of carbonyl (C=O) groups excluding carboxylic acids is 1. The van der Waals surface area contributed by atoms with Crippen LogP contribution < -0.4 is 10.1 Å². The van der Waals surface area contributed by atoms with Crippen LogP contribution in [-0.2, 0) is 0 Å². The zero-order valence-electron chi connectivity index (χ0n) is 12.5. The van der Waals surface area contributed by atoms with E-state index in [1.165, 1.54) is 5.56 Å². The lowest BCUT2D eigenvalue weighted by Gasteiger charge is -2.17. The maximum atomic E-state index is 12.2. The highest BCUT2D eigenvalue weighted by Gasteiger charge is 2.27. The molecule has 5 heteroatoms. The Bertz CT molecular complexity index is 628. The molecule has 1 aromatic heterocycles. The van der Waals surface area contributed by atoms with Gasteiger partial charge < -0.3 is 9.64 Å². The van der Waals surface area contributed by atoms with Gasteiger partial charge in [-0.3, -0.25) is 5.32 Å². The minimum absolute atomic E-state index is 0.0882. The average Bonchev–Trinajstić information content (AvgIpc) is 3.06. The third-order valence-corrected chi connectivity index (χ3v) is 3.96. The predicted octanol–water partition coefficient (Wildman–Crippen LogP) is 3.11. The van der Waals surface area contributed by atoms with Gasteiger partial charge in [0.05, 0.1) is 7.11 Å². The fraction of sp³-hybridized carbons (Fsp3) is 0.294. The molecule has 1 fully saturated rings. The Hall–Kier alpha value is -2.56. The number of likely N-dealkylation sites (tertiary alicyclic amines) is 1. The van der Waals surface area contributed by atoms with Gasteiger partial charge in [0.15, 0.2) is 0 Å². The van der Waals surface area contributed by atoms with Crippen LogP contribution in [0.4, 0.5) is 10.6 Å². The SMILES string of the molecule is COc1ccc([C@@H]2CCN(C(=O)Nc3ccccn3)C2)cc1. The summed E-state index contributed by atoms with van der Waals surface area (Å²) >= 11 is 0. The molecule has 2 aromatic rings. The van der Waals surface area contributed by atoms with Crippen LogP contribution in [0.1, 0.15) is 17.9 Å². The largest absolute Gasteiger partial charge is 0.497 e. The quantitative estimate of drug-likeness (QED) is 0.947. The number of aromatic nitrogens is 1. The smallest absolute Gasteiger partial charge is 0.323 e. The van der Waals surface area contributed by atoms with E-state index < -0.39 is 0 Å². The van der Waals surface area contributed by atoms with Crippen molar-refractivity contribution >= 4 is 11.8 Å². The molecule has 0 bridgehead atoms. The van der Waals surface area contributed by atoms with Gasteiger partial charge in [-0.2, -0.15) is 0 Å². The standard InChI is InChI=1S/C17H19N3O2/c1-22-15-7-5-13(6-8-15)14-9-11-20(12-14)17(21)19-16-4-2-3-10-18-16/h2-8,10,14H,9,11-12H2,1H3,(H,18,19,21)/t14-/m1/s1. The molecule has 1 atom stereocenters. The van der Waals surface area contributed by atoms with Crippen LogP contribution in [0.2, 0.25) is 0 Å². The number of pyridine rings is 1. The first-order chi connectivity index (χ1) is 10.8. The minimum Gasteiger partial charge on any atom is -0.497 e. The van der Waals surface area contributed by atoms with E-state index in [-0.39, 0.29) is 6.03 Å². The predicted molar refractivity (Wildman–Crippen MR) is 85.2 cm³/mol. The summed E-state index contributed by atoms with van der Waals surface area (Å²) in [7, 11) is 1.66. The molecule has 0 radical (unpaired) electrons. The van der Waals surface area contributed by atoms with E-state index in [0.29, 0.717) is 11.7 Å². The molecular weight excluding hydrogens is 278 g/mol. The van der Waals surface area contributed by atoms with E-state index in [9.17, 15) is 4.79 Å². The van der Waals surface area contributed by atoms with E-state index in [0.717, 1.165) is 25.3 Å². The maximum absolute atomic E-state index is 12.2. The lowest BCUT2D eigenvalue weighted by molar-refractivity contribution is 0.222. The molecule has 0 aliphatic carbocycles. The van der Waals surface area contributed by atoms with Gasteiger partial charge in [0.25, 0.3) is 0 Å². The van der Waals surface area contributed by atoms with Crippen LogP contribution in [0, 0.1) is 0 Å². The number of hydrogen-bond acceptors (Lipinski definition) is 3. The van der Waals surface area contributed by atoms with Gasteiger partial charge in [0.2, 0.25) is 0 Å². The monoisotopic (exact) mass is 297 g/mol. The molecule has 2 amide bonds. The number of urea groups is 1. The lowest BCUT2D eigenvalue weighted by atomic mass is 9.98. The molecular formula is C17H19N3O2. The van der Waals surface area contributed by atoms with E-state index in [4.69, 9.17) is 4.74 Å². The van der Waals surface area contributed by atoms with Crippen molar-refractivity contribution in [3.8, 4) is 5.75 Å². The second-order valence-corrected chi connectivity index (χ2v) is 5.35. The first-order valence-electron chi connectivity index (χ1n) is 7.37. The zero-order chi connectivity index (χ0) is 15.4. The van der Waals surface area contributed by atoms with Gasteiger partial charge in [-0.1, -0.05) is 18.2 Å². The number of hydrogen-bond donors (Lipinski definition) is 1. The van der Waals surface area contributed by atoms with Gasteiger partial charge in [-0.25, -0.2) is 9.78 Å². The molecule has 1 aromatic carbocycles. The topological polar surface area (TPSA) is 54.5 Å². The number of ether oxygens (including phenoxy) is 1. The minimum atomic E-state index is -0.0882. The molecule has 0 spiro atoms. The van der Waals surface area contributed by atoms with Gasteiger partial charge in [-0.05, 0) is 36.2 Å². The van der Waals surface area contributed by atoms with Crippen LogP contribution in [0.3, 0.4) is 0 Å². The highest BCUT2D eigenvalue weighted by molar-refractivity contribution is 5.88. The van der Waals surface area contributed by atoms with Gasteiger partial charge >= 0.3 is 6.03 Å². The molecule has 1 N–H and O–H groups in total. The molecule has 0 saturated carbocycles. The number of carbonyl (C=O) groups is 1. The summed E-state index contributed by atoms with van der Waals surface area (Å²) in [4.78, 5) is 18.2. The Labute approximate surface area is 129 Å². The van der Waals surface area contributed by atoms with E-state index >= 15 is 0 Å².